The molecule has 3 heteroatoms. The number of carbonyl (C=O) groups is 1. The van der Waals surface area contributed by atoms with Crippen molar-refractivity contribution in [2.24, 2.45) is 4.99 Å². The SMILES string of the molecule is CC.CC.CC.CC(=O)N=CN(C)C. The first-order chi connectivity index (χ1) is 6.63. The van der Waals surface area contributed by atoms with Crippen LogP contribution in [0.2, 0.25) is 0 Å². The Labute approximate surface area is 90.2 Å². The number of hydrogen-bond acceptors (Lipinski definition) is 1. The van der Waals surface area contributed by atoms with Crippen LogP contribution < -0.4 is 0 Å². The second-order valence-electron chi connectivity index (χ2n) is 1.73. The van der Waals surface area contributed by atoms with E-state index in [1.807, 2.05) is 55.6 Å². The highest BCUT2D eigenvalue weighted by Crippen LogP contribution is 1.69. The first-order valence-electron chi connectivity index (χ1n) is 5.34. The summed E-state index contributed by atoms with van der Waals surface area (Å²) in [5, 5.41) is 0. The molecule has 0 fully saturated rings. The lowest BCUT2D eigenvalue weighted by molar-refractivity contribution is -0.115. The third-order valence-corrected chi connectivity index (χ3v) is 0.470. The molecule has 0 unspecified atom stereocenters. The number of rotatable bonds is 1. The van der Waals surface area contributed by atoms with Gasteiger partial charge in [0.2, 0.25) is 5.91 Å². The molecular formula is C11H28N2O. The zero-order chi connectivity index (χ0) is 12.6. The molecule has 0 aromatic carbocycles. The number of hydrogen-bond donors (Lipinski definition) is 0. The van der Waals surface area contributed by atoms with Gasteiger partial charge >= 0.3 is 0 Å². The highest BCUT2D eigenvalue weighted by atomic mass is 16.1. The normalized spacial score (nSPS) is 6.93. The summed E-state index contributed by atoms with van der Waals surface area (Å²) >= 11 is 0. The molecule has 0 aliphatic carbocycles. The van der Waals surface area contributed by atoms with Gasteiger partial charge in [0, 0.05) is 21.0 Å². The van der Waals surface area contributed by atoms with Crippen molar-refractivity contribution in [1.29, 1.82) is 0 Å². The van der Waals surface area contributed by atoms with Gasteiger partial charge in [-0.2, -0.15) is 0 Å². The Hall–Kier alpha value is -0.860. The Morgan fingerprint density at radius 3 is 1.36 bits per heavy atom. The van der Waals surface area contributed by atoms with E-state index >= 15 is 0 Å². The van der Waals surface area contributed by atoms with Gasteiger partial charge in [-0.25, -0.2) is 4.99 Å². The summed E-state index contributed by atoms with van der Waals surface area (Å²) in [6.45, 7) is 13.4. The van der Waals surface area contributed by atoms with Crippen LogP contribution in [0, 0.1) is 0 Å². The van der Waals surface area contributed by atoms with Gasteiger partial charge in [-0.3, -0.25) is 4.79 Å². The van der Waals surface area contributed by atoms with E-state index in [4.69, 9.17) is 0 Å². The summed E-state index contributed by atoms with van der Waals surface area (Å²) in [5.74, 6) is -0.168. The average Bonchev–Trinajstić information content (AvgIpc) is 2.24. The van der Waals surface area contributed by atoms with E-state index in [1.54, 1.807) is 4.90 Å². The van der Waals surface area contributed by atoms with E-state index in [-0.39, 0.29) is 5.91 Å². The largest absolute Gasteiger partial charge is 0.369 e. The molecule has 0 saturated carbocycles. The maximum absolute atomic E-state index is 10.1. The zero-order valence-corrected chi connectivity index (χ0v) is 11.4. The molecule has 0 aromatic rings. The number of aliphatic imine (C=N–C) groups is 1. The van der Waals surface area contributed by atoms with Crippen LogP contribution in [0.3, 0.4) is 0 Å². The van der Waals surface area contributed by atoms with Crippen molar-refractivity contribution >= 4 is 12.2 Å². The van der Waals surface area contributed by atoms with Crippen LogP contribution in [0.5, 0.6) is 0 Å². The van der Waals surface area contributed by atoms with Gasteiger partial charge in [0.1, 0.15) is 0 Å². The molecule has 0 radical (unpaired) electrons. The summed E-state index contributed by atoms with van der Waals surface area (Å²) in [6, 6.07) is 0. The lowest BCUT2D eigenvalue weighted by atomic mass is 10.7. The van der Waals surface area contributed by atoms with Gasteiger partial charge < -0.3 is 4.90 Å². The minimum Gasteiger partial charge on any atom is -0.369 e. The van der Waals surface area contributed by atoms with Gasteiger partial charge in [0.25, 0.3) is 0 Å². The Morgan fingerprint density at radius 1 is 1.00 bits per heavy atom. The Bertz CT molecular complexity index is 110. The van der Waals surface area contributed by atoms with E-state index in [0.29, 0.717) is 0 Å². The summed E-state index contributed by atoms with van der Waals surface area (Å²) in [7, 11) is 3.62. The summed E-state index contributed by atoms with van der Waals surface area (Å²) in [4.78, 5) is 15.3. The molecule has 3 nitrogen and oxygen atoms in total. The van der Waals surface area contributed by atoms with Crippen LogP contribution >= 0.6 is 0 Å². The minimum atomic E-state index is -0.168. The topological polar surface area (TPSA) is 32.7 Å². The number of amides is 1. The molecule has 0 atom stereocenters. The van der Waals surface area contributed by atoms with E-state index in [1.165, 1.54) is 13.3 Å². The highest BCUT2D eigenvalue weighted by Gasteiger charge is 1.80. The molecule has 0 N–H and O–H groups in total. The zero-order valence-electron chi connectivity index (χ0n) is 11.4. The van der Waals surface area contributed by atoms with Crippen molar-refractivity contribution in [3.63, 3.8) is 0 Å². The highest BCUT2D eigenvalue weighted by molar-refractivity contribution is 5.81. The molecule has 0 heterocycles. The van der Waals surface area contributed by atoms with Gasteiger partial charge in [-0.1, -0.05) is 41.5 Å². The lowest BCUT2D eigenvalue weighted by Gasteiger charge is -1.99. The second-order valence-corrected chi connectivity index (χ2v) is 1.73. The van der Waals surface area contributed by atoms with E-state index in [9.17, 15) is 4.79 Å². The predicted octanol–water partition coefficient (Wildman–Crippen LogP) is 3.20. The first-order valence-corrected chi connectivity index (χ1v) is 5.34. The minimum absolute atomic E-state index is 0.168. The molecule has 0 bridgehead atoms. The third-order valence-electron chi connectivity index (χ3n) is 0.470. The third kappa shape index (κ3) is 66.8. The molecular weight excluding hydrogens is 176 g/mol. The summed E-state index contributed by atoms with van der Waals surface area (Å²) < 4.78 is 0. The van der Waals surface area contributed by atoms with Gasteiger partial charge in [-0.15, -0.1) is 0 Å². The molecule has 0 aliphatic heterocycles. The summed E-state index contributed by atoms with van der Waals surface area (Å²) in [5.41, 5.74) is 0. The molecule has 0 spiro atoms. The quantitative estimate of drug-likeness (QED) is 0.485. The first kappa shape index (κ1) is 23.2. The number of carbonyl (C=O) groups excluding carboxylic acids is 1. The fraction of sp³-hybridized carbons (Fsp3) is 0.818. The predicted molar refractivity (Wildman–Crippen MR) is 66.9 cm³/mol. The lowest BCUT2D eigenvalue weighted by Crippen LogP contribution is -2.08. The van der Waals surface area contributed by atoms with Gasteiger partial charge in [0.15, 0.2) is 0 Å². The standard InChI is InChI=1S/C5H10N2O.3C2H6/c1-5(8)6-4-7(2)3;3*1-2/h4H,1-3H3;3*1-2H3. The van der Waals surface area contributed by atoms with Gasteiger partial charge in [0.05, 0.1) is 6.34 Å². The van der Waals surface area contributed by atoms with E-state index in [0.717, 1.165) is 0 Å². The maximum atomic E-state index is 10.1. The fourth-order valence-corrected chi connectivity index (χ4v) is 0.197. The molecule has 14 heavy (non-hydrogen) atoms. The van der Waals surface area contributed by atoms with Crippen molar-refractivity contribution in [2.75, 3.05) is 14.1 Å². The molecule has 1 amide bonds. The van der Waals surface area contributed by atoms with Crippen LogP contribution in [0.15, 0.2) is 4.99 Å². The summed E-state index contributed by atoms with van der Waals surface area (Å²) in [6.07, 6.45) is 1.47. The Kier molecular flexibility index (Phi) is 48.9. The van der Waals surface area contributed by atoms with Crippen molar-refractivity contribution in [2.45, 2.75) is 48.5 Å². The van der Waals surface area contributed by atoms with Gasteiger partial charge in [-0.05, 0) is 0 Å². The van der Waals surface area contributed by atoms with Crippen molar-refractivity contribution in [3.8, 4) is 0 Å². The van der Waals surface area contributed by atoms with Crippen LogP contribution in [-0.4, -0.2) is 31.2 Å². The molecule has 0 aromatic heterocycles. The van der Waals surface area contributed by atoms with E-state index < -0.39 is 0 Å². The smallest absolute Gasteiger partial charge is 0.243 e. The van der Waals surface area contributed by atoms with Crippen molar-refractivity contribution in [3.05, 3.63) is 0 Å². The average molecular weight is 204 g/mol. The molecule has 88 valence electrons. The monoisotopic (exact) mass is 204 g/mol. The van der Waals surface area contributed by atoms with Crippen molar-refractivity contribution < 1.29 is 4.79 Å². The van der Waals surface area contributed by atoms with Crippen LogP contribution in [0.4, 0.5) is 0 Å². The van der Waals surface area contributed by atoms with Crippen LogP contribution in [0.1, 0.15) is 48.5 Å². The molecule has 0 rings (SSSR count). The van der Waals surface area contributed by atoms with E-state index in [2.05, 4.69) is 4.99 Å². The van der Waals surface area contributed by atoms with Crippen LogP contribution in [0.25, 0.3) is 0 Å². The van der Waals surface area contributed by atoms with Crippen LogP contribution in [-0.2, 0) is 4.79 Å². The van der Waals surface area contributed by atoms with Crippen molar-refractivity contribution in [1.82, 2.24) is 4.90 Å². The second kappa shape index (κ2) is 29.6. The Balaban J connectivity index is -0.0000000708. The Morgan fingerprint density at radius 2 is 1.29 bits per heavy atom. The fourth-order valence-electron chi connectivity index (χ4n) is 0.197. The maximum Gasteiger partial charge on any atom is 0.243 e. The number of nitrogens with zero attached hydrogens (tertiary/aromatic N) is 2. The molecule has 0 aliphatic rings. The molecule has 0 saturated heterocycles.